The van der Waals surface area contributed by atoms with E-state index in [0.29, 0.717) is 18.3 Å². The number of hydrogen-bond donors (Lipinski definition) is 1. The third kappa shape index (κ3) is 5.03. The van der Waals surface area contributed by atoms with Crippen molar-refractivity contribution in [1.82, 2.24) is 15.4 Å². The molecule has 1 amide bonds. The number of aryl methyl sites for hydroxylation is 1. The van der Waals surface area contributed by atoms with Crippen LogP contribution in [0.15, 0.2) is 10.6 Å². The maximum atomic E-state index is 11.9. The molecule has 0 saturated carbocycles. The van der Waals surface area contributed by atoms with Gasteiger partial charge in [-0.3, -0.25) is 4.79 Å². The fourth-order valence-corrected chi connectivity index (χ4v) is 1.70. The molecule has 1 N–H and O–H groups in total. The SMILES string of the molecule is CCCCN(C)C(C)CNC(=O)c1cc(CC)on1. The van der Waals surface area contributed by atoms with Crippen LogP contribution >= 0.6 is 0 Å². The van der Waals surface area contributed by atoms with Crippen LogP contribution in [-0.2, 0) is 6.42 Å². The fraction of sp³-hybridized carbons (Fsp3) is 0.714. The molecular formula is C14H25N3O2. The van der Waals surface area contributed by atoms with E-state index >= 15 is 0 Å². The number of unbranched alkanes of at least 4 members (excludes halogenated alkanes) is 1. The van der Waals surface area contributed by atoms with E-state index in [-0.39, 0.29) is 5.91 Å². The summed E-state index contributed by atoms with van der Waals surface area (Å²) in [5, 5.41) is 6.65. The van der Waals surface area contributed by atoms with Gasteiger partial charge in [0.15, 0.2) is 5.69 Å². The van der Waals surface area contributed by atoms with Crippen molar-refractivity contribution in [2.45, 2.75) is 46.1 Å². The van der Waals surface area contributed by atoms with Gasteiger partial charge in [0, 0.05) is 25.1 Å². The highest BCUT2D eigenvalue weighted by Gasteiger charge is 2.14. The van der Waals surface area contributed by atoms with Crippen LogP contribution in [0, 0.1) is 0 Å². The smallest absolute Gasteiger partial charge is 0.273 e. The van der Waals surface area contributed by atoms with E-state index in [1.165, 1.54) is 12.8 Å². The molecule has 0 radical (unpaired) electrons. The third-order valence-corrected chi connectivity index (χ3v) is 3.31. The minimum Gasteiger partial charge on any atom is -0.361 e. The number of carbonyl (C=O) groups excluding carboxylic acids is 1. The van der Waals surface area contributed by atoms with E-state index < -0.39 is 0 Å². The maximum absolute atomic E-state index is 11.9. The van der Waals surface area contributed by atoms with Crippen LogP contribution in [-0.4, -0.2) is 42.1 Å². The van der Waals surface area contributed by atoms with Crippen LogP contribution in [0.2, 0.25) is 0 Å². The van der Waals surface area contributed by atoms with Gasteiger partial charge in [-0.15, -0.1) is 0 Å². The van der Waals surface area contributed by atoms with E-state index in [1.807, 2.05) is 6.92 Å². The maximum Gasteiger partial charge on any atom is 0.273 e. The number of likely N-dealkylation sites (N-methyl/N-ethyl adjacent to an activating group) is 1. The number of carbonyl (C=O) groups is 1. The van der Waals surface area contributed by atoms with Crippen molar-refractivity contribution >= 4 is 5.91 Å². The summed E-state index contributed by atoms with van der Waals surface area (Å²) in [6, 6.07) is 2.01. The van der Waals surface area contributed by atoms with Crippen LogP contribution in [0.1, 0.15) is 49.9 Å². The van der Waals surface area contributed by atoms with Crippen molar-refractivity contribution in [2.24, 2.45) is 0 Å². The first-order valence-electron chi connectivity index (χ1n) is 7.02. The first-order valence-corrected chi connectivity index (χ1v) is 7.02. The normalized spacial score (nSPS) is 12.7. The summed E-state index contributed by atoms with van der Waals surface area (Å²) in [6.07, 6.45) is 3.11. The van der Waals surface area contributed by atoms with Gasteiger partial charge in [-0.05, 0) is 26.9 Å². The lowest BCUT2D eigenvalue weighted by atomic mass is 10.2. The molecule has 1 atom stereocenters. The van der Waals surface area contributed by atoms with Crippen molar-refractivity contribution in [1.29, 1.82) is 0 Å². The van der Waals surface area contributed by atoms with Gasteiger partial charge >= 0.3 is 0 Å². The van der Waals surface area contributed by atoms with E-state index in [2.05, 4.69) is 36.3 Å². The molecule has 5 heteroatoms. The van der Waals surface area contributed by atoms with Crippen molar-refractivity contribution in [3.63, 3.8) is 0 Å². The van der Waals surface area contributed by atoms with Gasteiger partial charge < -0.3 is 14.7 Å². The number of hydrogen-bond acceptors (Lipinski definition) is 4. The molecule has 0 spiro atoms. The molecule has 0 saturated heterocycles. The molecule has 1 unspecified atom stereocenters. The molecule has 108 valence electrons. The van der Waals surface area contributed by atoms with Crippen LogP contribution in [0.4, 0.5) is 0 Å². The van der Waals surface area contributed by atoms with Gasteiger partial charge in [-0.25, -0.2) is 0 Å². The lowest BCUT2D eigenvalue weighted by molar-refractivity contribution is 0.0931. The van der Waals surface area contributed by atoms with Gasteiger partial charge in [0.1, 0.15) is 5.76 Å². The molecule has 5 nitrogen and oxygen atoms in total. The van der Waals surface area contributed by atoms with Gasteiger partial charge in [0.05, 0.1) is 0 Å². The van der Waals surface area contributed by atoms with Gasteiger partial charge in [0.25, 0.3) is 5.91 Å². The van der Waals surface area contributed by atoms with Crippen LogP contribution in [0.3, 0.4) is 0 Å². The molecule has 0 bridgehead atoms. The highest BCUT2D eigenvalue weighted by atomic mass is 16.5. The highest BCUT2D eigenvalue weighted by Crippen LogP contribution is 2.04. The first-order chi connectivity index (χ1) is 9.08. The average Bonchev–Trinajstić information content (AvgIpc) is 2.90. The third-order valence-electron chi connectivity index (χ3n) is 3.31. The summed E-state index contributed by atoms with van der Waals surface area (Å²) in [5.41, 5.74) is 0.361. The standard InChI is InChI=1S/C14H25N3O2/c1-5-7-8-17(4)11(3)10-15-14(18)13-9-12(6-2)19-16-13/h9,11H,5-8,10H2,1-4H3,(H,15,18). The number of rotatable bonds is 8. The molecule has 1 aromatic heterocycles. The predicted molar refractivity (Wildman–Crippen MR) is 75.2 cm³/mol. The van der Waals surface area contributed by atoms with E-state index in [1.54, 1.807) is 6.07 Å². The molecule has 1 heterocycles. The Hall–Kier alpha value is -1.36. The summed E-state index contributed by atoms with van der Waals surface area (Å²) < 4.78 is 5.02. The Morgan fingerprint density at radius 3 is 2.84 bits per heavy atom. The van der Waals surface area contributed by atoms with Crippen molar-refractivity contribution < 1.29 is 9.32 Å². The summed E-state index contributed by atoms with van der Waals surface area (Å²) >= 11 is 0. The predicted octanol–water partition coefficient (Wildman–Crippen LogP) is 2.09. The second-order valence-electron chi connectivity index (χ2n) is 4.93. The Kier molecular flexibility index (Phi) is 6.56. The lowest BCUT2D eigenvalue weighted by Crippen LogP contribution is -2.40. The van der Waals surface area contributed by atoms with Gasteiger partial charge in [0.2, 0.25) is 0 Å². The summed E-state index contributed by atoms with van der Waals surface area (Å²) in [7, 11) is 2.08. The Labute approximate surface area is 115 Å². The Morgan fingerprint density at radius 2 is 2.26 bits per heavy atom. The topological polar surface area (TPSA) is 58.4 Å². The number of amides is 1. The average molecular weight is 267 g/mol. The van der Waals surface area contributed by atoms with Crippen LogP contribution in [0.25, 0.3) is 0 Å². The van der Waals surface area contributed by atoms with Crippen LogP contribution in [0.5, 0.6) is 0 Å². The lowest BCUT2D eigenvalue weighted by Gasteiger charge is -2.24. The highest BCUT2D eigenvalue weighted by molar-refractivity contribution is 5.92. The molecular weight excluding hydrogens is 242 g/mol. The minimum atomic E-state index is -0.167. The fourth-order valence-electron chi connectivity index (χ4n) is 1.70. The van der Waals surface area contributed by atoms with Gasteiger partial charge in [-0.2, -0.15) is 0 Å². The summed E-state index contributed by atoms with van der Waals surface area (Å²) in [6.45, 7) is 7.92. The van der Waals surface area contributed by atoms with Gasteiger partial charge in [-0.1, -0.05) is 25.4 Å². The zero-order chi connectivity index (χ0) is 14.3. The van der Waals surface area contributed by atoms with E-state index in [0.717, 1.165) is 18.7 Å². The van der Waals surface area contributed by atoms with Crippen molar-refractivity contribution in [3.8, 4) is 0 Å². The number of nitrogens with zero attached hydrogens (tertiary/aromatic N) is 2. The zero-order valence-corrected chi connectivity index (χ0v) is 12.4. The second-order valence-corrected chi connectivity index (χ2v) is 4.93. The Bertz CT molecular complexity index is 390. The molecule has 1 rings (SSSR count). The Morgan fingerprint density at radius 1 is 1.53 bits per heavy atom. The Balaban J connectivity index is 2.36. The van der Waals surface area contributed by atoms with Crippen molar-refractivity contribution in [3.05, 3.63) is 17.5 Å². The van der Waals surface area contributed by atoms with Crippen molar-refractivity contribution in [2.75, 3.05) is 20.1 Å². The first kappa shape index (κ1) is 15.7. The minimum absolute atomic E-state index is 0.167. The van der Waals surface area contributed by atoms with Crippen LogP contribution < -0.4 is 5.32 Å². The molecule has 19 heavy (non-hydrogen) atoms. The zero-order valence-electron chi connectivity index (χ0n) is 12.4. The number of aromatic nitrogens is 1. The molecule has 0 aliphatic rings. The quantitative estimate of drug-likeness (QED) is 0.783. The summed E-state index contributed by atoms with van der Waals surface area (Å²) in [4.78, 5) is 14.1. The molecule has 0 fully saturated rings. The molecule has 1 aromatic rings. The second kappa shape index (κ2) is 7.94. The number of nitrogens with one attached hydrogen (secondary N) is 1. The molecule has 0 aliphatic heterocycles. The van der Waals surface area contributed by atoms with E-state index in [4.69, 9.17) is 4.52 Å². The summed E-state index contributed by atoms with van der Waals surface area (Å²) in [5.74, 6) is 0.567. The largest absolute Gasteiger partial charge is 0.361 e. The monoisotopic (exact) mass is 267 g/mol. The molecule has 0 aromatic carbocycles. The van der Waals surface area contributed by atoms with E-state index in [9.17, 15) is 4.79 Å². The molecule has 0 aliphatic carbocycles.